The molecule has 5 rings (SSSR count). The van der Waals surface area contributed by atoms with E-state index in [2.05, 4.69) is 5.32 Å². The number of amides is 1. The molecule has 0 unspecified atom stereocenters. The van der Waals surface area contributed by atoms with Gasteiger partial charge in [0.2, 0.25) is 0 Å². The molecule has 26 heavy (non-hydrogen) atoms. The standard InChI is InChI=1S/C22H29NO3/c1-2-20(24)18-3-5-19(6-4-18)26-13-21(25)23-14-22-10-15-7-16(11-22)9-17(8-15)12-22/h3-6,15-17H,2,7-14H2,1H3,(H,23,25). The molecule has 0 saturated heterocycles. The highest BCUT2D eigenvalue weighted by Crippen LogP contribution is 2.59. The second kappa shape index (κ2) is 7.05. The highest BCUT2D eigenvalue weighted by Gasteiger charge is 2.50. The number of rotatable bonds is 7. The molecule has 4 bridgehead atoms. The maximum atomic E-state index is 12.2. The lowest BCUT2D eigenvalue weighted by atomic mass is 9.49. The van der Waals surface area contributed by atoms with Crippen LogP contribution in [0.2, 0.25) is 0 Å². The van der Waals surface area contributed by atoms with Crippen LogP contribution in [0, 0.1) is 23.2 Å². The van der Waals surface area contributed by atoms with E-state index in [-0.39, 0.29) is 18.3 Å². The van der Waals surface area contributed by atoms with Crippen LogP contribution in [0.5, 0.6) is 5.75 Å². The SMILES string of the molecule is CCC(=O)c1ccc(OCC(=O)NCC23CC4CC(CC(C4)C2)C3)cc1. The largest absolute Gasteiger partial charge is 0.484 e. The van der Waals surface area contributed by atoms with Crippen molar-refractivity contribution in [2.24, 2.45) is 23.2 Å². The molecular weight excluding hydrogens is 326 g/mol. The number of hydrogen-bond acceptors (Lipinski definition) is 3. The van der Waals surface area contributed by atoms with Crippen LogP contribution < -0.4 is 10.1 Å². The van der Waals surface area contributed by atoms with E-state index in [9.17, 15) is 9.59 Å². The third kappa shape index (κ3) is 3.65. The molecule has 1 aromatic carbocycles. The number of ether oxygens (including phenoxy) is 1. The Labute approximate surface area is 155 Å². The summed E-state index contributed by atoms with van der Waals surface area (Å²) in [6.45, 7) is 2.69. The average Bonchev–Trinajstić information content (AvgIpc) is 2.63. The number of ketones is 1. The van der Waals surface area contributed by atoms with E-state index >= 15 is 0 Å². The summed E-state index contributed by atoms with van der Waals surface area (Å²) in [6.07, 6.45) is 8.66. The first-order chi connectivity index (χ1) is 12.5. The molecule has 0 spiro atoms. The van der Waals surface area contributed by atoms with Crippen molar-refractivity contribution in [3.63, 3.8) is 0 Å². The topological polar surface area (TPSA) is 55.4 Å². The molecule has 4 fully saturated rings. The Hall–Kier alpha value is -1.84. The van der Waals surface area contributed by atoms with Gasteiger partial charge in [0.05, 0.1) is 0 Å². The molecule has 0 radical (unpaired) electrons. The van der Waals surface area contributed by atoms with Crippen molar-refractivity contribution in [3.05, 3.63) is 29.8 Å². The third-order valence-electron chi connectivity index (χ3n) is 6.69. The number of carbonyl (C=O) groups is 2. The number of carbonyl (C=O) groups excluding carboxylic acids is 2. The molecule has 4 nitrogen and oxygen atoms in total. The monoisotopic (exact) mass is 355 g/mol. The zero-order valence-electron chi connectivity index (χ0n) is 15.6. The molecule has 0 heterocycles. The van der Waals surface area contributed by atoms with Crippen LogP contribution in [0.3, 0.4) is 0 Å². The Morgan fingerprint density at radius 2 is 1.62 bits per heavy atom. The van der Waals surface area contributed by atoms with Crippen molar-refractivity contribution in [2.45, 2.75) is 51.9 Å². The second-order valence-corrected chi connectivity index (χ2v) is 8.78. The minimum atomic E-state index is -0.0468. The minimum Gasteiger partial charge on any atom is -0.484 e. The van der Waals surface area contributed by atoms with Crippen LogP contribution in [-0.2, 0) is 4.79 Å². The fraction of sp³-hybridized carbons (Fsp3) is 0.636. The predicted molar refractivity (Wildman–Crippen MR) is 100 cm³/mol. The summed E-state index contributed by atoms with van der Waals surface area (Å²) in [7, 11) is 0. The Morgan fingerprint density at radius 1 is 1.04 bits per heavy atom. The van der Waals surface area contributed by atoms with Crippen molar-refractivity contribution in [1.82, 2.24) is 5.32 Å². The maximum Gasteiger partial charge on any atom is 0.257 e. The molecular formula is C22H29NO3. The first-order valence-corrected chi connectivity index (χ1v) is 10.1. The normalized spacial score (nSPS) is 31.7. The van der Waals surface area contributed by atoms with E-state index in [0.717, 1.165) is 24.3 Å². The summed E-state index contributed by atoms with van der Waals surface area (Å²) in [6, 6.07) is 7.04. The lowest BCUT2D eigenvalue weighted by molar-refractivity contribution is -0.125. The van der Waals surface area contributed by atoms with Gasteiger partial charge in [0.1, 0.15) is 5.75 Å². The van der Waals surface area contributed by atoms with E-state index in [1.165, 1.54) is 38.5 Å². The van der Waals surface area contributed by atoms with E-state index in [4.69, 9.17) is 4.74 Å². The predicted octanol–water partition coefficient (Wildman–Crippen LogP) is 3.99. The summed E-state index contributed by atoms with van der Waals surface area (Å²) < 4.78 is 5.58. The lowest BCUT2D eigenvalue weighted by Crippen LogP contribution is -2.51. The molecule has 4 saturated carbocycles. The molecule has 0 atom stereocenters. The van der Waals surface area contributed by atoms with E-state index in [1.807, 2.05) is 6.92 Å². The summed E-state index contributed by atoms with van der Waals surface area (Å²) >= 11 is 0. The first kappa shape index (κ1) is 17.6. The van der Waals surface area contributed by atoms with Crippen LogP contribution in [0.4, 0.5) is 0 Å². The number of Topliss-reactive ketones (excluding diaryl/α,β-unsaturated/α-hetero) is 1. The van der Waals surface area contributed by atoms with Crippen molar-refractivity contribution in [1.29, 1.82) is 0 Å². The summed E-state index contributed by atoms with van der Waals surface area (Å²) in [5, 5.41) is 3.13. The zero-order chi connectivity index (χ0) is 18.1. The molecule has 4 heteroatoms. The van der Waals surface area contributed by atoms with Gasteiger partial charge in [0, 0.05) is 18.5 Å². The Balaban J connectivity index is 1.25. The molecule has 4 aliphatic rings. The highest BCUT2D eigenvalue weighted by molar-refractivity contribution is 5.95. The lowest BCUT2D eigenvalue weighted by Gasteiger charge is -2.56. The van der Waals surface area contributed by atoms with Crippen molar-refractivity contribution in [3.8, 4) is 5.75 Å². The van der Waals surface area contributed by atoms with Crippen LogP contribution in [0.25, 0.3) is 0 Å². The summed E-state index contributed by atoms with van der Waals surface area (Å²) in [5.74, 6) is 3.40. The van der Waals surface area contributed by atoms with Gasteiger partial charge in [0.15, 0.2) is 12.4 Å². The van der Waals surface area contributed by atoms with E-state index in [0.29, 0.717) is 23.1 Å². The van der Waals surface area contributed by atoms with Gasteiger partial charge in [-0.2, -0.15) is 0 Å². The minimum absolute atomic E-state index is 0.0352. The smallest absolute Gasteiger partial charge is 0.257 e. The van der Waals surface area contributed by atoms with Gasteiger partial charge in [-0.3, -0.25) is 9.59 Å². The van der Waals surface area contributed by atoms with Crippen LogP contribution in [0.1, 0.15) is 62.2 Å². The van der Waals surface area contributed by atoms with Crippen LogP contribution in [0.15, 0.2) is 24.3 Å². The van der Waals surface area contributed by atoms with Crippen molar-refractivity contribution in [2.75, 3.05) is 13.2 Å². The number of benzene rings is 1. The molecule has 0 aliphatic heterocycles. The van der Waals surface area contributed by atoms with Gasteiger partial charge in [0.25, 0.3) is 5.91 Å². The Morgan fingerprint density at radius 3 is 2.15 bits per heavy atom. The molecule has 1 amide bonds. The van der Waals surface area contributed by atoms with Crippen LogP contribution >= 0.6 is 0 Å². The second-order valence-electron chi connectivity index (χ2n) is 8.78. The van der Waals surface area contributed by atoms with Gasteiger partial charge in [-0.15, -0.1) is 0 Å². The molecule has 140 valence electrons. The van der Waals surface area contributed by atoms with Gasteiger partial charge in [-0.25, -0.2) is 0 Å². The third-order valence-corrected chi connectivity index (χ3v) is 6.69. The van der Waals surface area contributed by atoms with Gasteiger partial charge in [-0.05, 0) is 86.0 Å². The van der Waals surface area contributed by atoms with Crippen molar-refractivity contribution < 1.29 is 14.3 Å². The highest BCUT2D eigenvalue weighted by atomic mass is 16.5. The molecule has 4 aliphatic carbocycles. The van der Waals surface area contributed by atoms with Crippen LogP contribution in [-0.4, -0.2) is 24.8 Å². The van der Waals surface area contributed by atoms with E-state index in [1.54, 1.807) is 24.3 Å². The van der Waals surface area contributed by atoms with Gasteiger partial charge < -0.3 is 10.1 Å². The first-order valence-electron chi connectivity index (χ1n) is 10.1. The molecule has 1 aromatic rings. The fourth-order valence-electron chi connectivity index (χ4n) is 5.93. The van der Waals surface area contributed by atoms with Gasteiger partial charge in [-0.1, -0.05) is 6.92 Å². The molecule has 1 N–H and O–H groups in total. The fourth-order valence-corrected chi connectivity index (χ4v) is 5.93. The van der Waals surface area contributed by atoms with Crippen molar-refractivity contribution >= 4 is 11.7 Å². The number of hydrogen-bond donors (Lipinski definition) is 1. The van der Waals surface area contributed by atoms with Gasteiger partial charge >= 0.3 is 0 Å². The molecule has 0 aromatic heterocycles. The quantitative estimate of drug-likeness (QED) is 0.753. The Bertz CT molecular complexity index is 644. The van der Waals surface area contributed by atoms with E-state index < -0.39 is 0 Å². The Kier molecular flexibility index (Phi) is 4.76. The zero-order valence-corrected chi connectivity index (χ0v) is 15.6. The number of nitrogens with one attached hydrogen (secondary N) is 1. The maximum absolute atomic E-state index is 12.2. The summed E-state index contributed by atoms with van der Waals surface area (Å²) in [4.78, 5) is 23.9. The summed E-state index contributed by atoms with van der Waals surface area (Å²) in [5.41, 5.74) is 1.04. The average molecular weight is 355 g/mol.